The number of hydrogen-bond donors (Lipinski definition) is 3. The average Bonchev–Trinajstić information content (AvgIpc) is 3.43. The van der Waals surface area contributed by atoms with E-state index >= 15 is 0 Å². The van der Waals surface area contributed by atoms with Gasteiger partial charge in [0.2, 0.25) is 0 Å². The van der Waals surface area contributed by atoms with Gasteiger partial charge in [0.1, 0.15) is 11.7 Å². The van der Waals surface area contributed by atoms with Crippen LogP contribution in [0.3, 0.4) is 0 Å². The van der Waals surface area contributed by atoms with Gasteiger partial charge in [-0.15, -0.1) is 0 Å². The van der Waals surface area contributed by atoms with Gasteiger partial charge in [-0.25, -0.2) is 4.79 Å². The summed E-state index contributed by atoms with van der Waals surface area (Å²) in [7, 11) is 0. The van der Waals surface area contributed by atoms with E-state index in [1.807, 2.05) is 13.8 Å². The summed E-state index contributed by atoms with van der Waals surface area (Å²) in [6.45, 7) is 12.5. The van der Waals surface area contributed by atoms with Crippen LogP contribution in [-0.2, 0) is 23.9 Å². The fourth-order valence-electron chi connectivity index (χ4n) is 8.97. The molecule has 0 heterocycles. The molecule has 0 aromatic rings. The standard InChI is InChI=1S/C37H56O8/c1-8-10-11-12-13-14-15-16-17-18-29(39)45-37-30(34(37,6)7)27-20-26(22-38)21-35(42)28(19-24(4)31(35)40)36(27,43)25(5)32(37)44-33(41)23(3)9-2/h9,19-20,25,27-28,30,32,38,42-43H,8,10-18,21-22H2,1-7H3/b23-9+/t25-,27+,28-,30-,32-,35-,36-,37-/m1/s1. The van der Waals surface area contributed by atoms with Crippen molar-refractivity contribution in [2.45, 2.75) is 142 Å². The Hall–Kier alpha value is -2.29. The van der Waals surface area contributed by atoms with Gasteiger partial charge in [-0.05, 0) is 38.3 Å². The summed E-state index contributed by atoms with van der Waals surface area (Å²) in [5.41, 5.74) is -4.46. The van der Waals surface area contributed by atoms with E-state index in [-0.39, 0.29) is 25.4 Å². The highest BCUT2D eigenvalue weighted by Crippen LogP contribution is 2.77. The number of allylic oxidation sites excluding steroid dienone is 1. The van der Waals surface area contributed by atoms with Crippen molar-refractivity contribution in [1.82, 2.24) is 0 Å². The van der Waals surface area contributed by atoms with E-state index in [2.05, 4.69) is 6.92 Å². The minimum atomic E-state index is -1.95. The maximum absolute atomic E-state index is 13.5. The van der Waals surface area contributed by atoms with Gasteiger partial charge >= 0.3 is 11.9 Å². The molecule has 252 valence electrons. The molecule has 2 saturated carbocycles. The molecule has 4 rings (SSSR count). The predicted octanol–water partition coefficient (Wildman–Crippen LogP) is 5.92. The number of aliphatic hydroxyl groups excluding tert-OH is 1. The maximum Gasteiger partial charge on any atom is 0.333 e. The zero-order valence-corrected chi connectivity index (χ0v) is 28.5. The number of Topliss-reactive ketones (excluding diaryl/α,β-unsaturated/α-hetero) is 1. The first-order valence-corrected chi connectivity index (χ1v) is 17.2. The molecule has 0 aromatic carbocycles. The van der Waals surface area contributed by atoms with E-state index in [0.717, 1.165) is 19.3 Å². The fourth-order valence-corrected chi connectivity index (χ4v) is 8.97. The number of esters is 2. The van der Waals surface area contributed by atoms with Crippen molar-refractivity contribution in [3.8, 4) is 0 Å². The molecule has 0 saturated heterocycles. The molecule has 0 spiro atoms. The topological polar surface area (TPSA) is 130 Å². The number of ether oxygens (including phenoxy) is 2. The molecule has 8 heteroatoms. The molecule has 0 aromatic heterocycles. The van der Waals surface area contributed by atoms with Crippen LogP contribution in [0.5, 0.6) is 0 Å². The van der Waals surface area contributed by atoms with Crippen LogP contribution in [0, 0.1) is 29.1 Å². The molecule has 8 atom stereocenters. The number of ketones is 1. The predicted molar refractivity (Wildman–Crippen MR) is 172 cm³/mol. The van der Waals surface area contributed by atoms with E-state index in [4.69, 9.17) is 9.47 Å². The van der Waals surface area contributed by atoms with Gasteiger partial charge in [0.25, 0.3) is 0 Å². The third kappa shape index (κ3) is 5.89. The Labute approximate surface area is 269 Å². The highest BCUT2D eigenvalue weighted by atomic mass is 16.6. The molecule has 0 amide bonds. The Bertz CT molecular complexity index is 1240. The molecule has 0 aliphatic heterocycles. The Balaban J connectivity index is 1.65. The number of aliphatic hydroxyl groups is 3. The quantitative estimate of drug-likeness (QED) is 0.0936. The highest BCUT2D eigenvalue weighted by Gasteiger charge is 2.88. The maximum atomic E-state index is 13.5. The Kier molecular flexibility index (Phi) is 10.6. The van der Waals surface area contributed by atoms with E-state index in [1.54, 1.807) is 45.9 Å². The lowest BCUT2D eigenvalue weighted by Crippen LogP contribution is -2.66. The zero-order chi connectivity index (χ0) is 33.4. The van der Waals surface area contributed by atoms with Gasteiger partial charge in [0.05, 0.1) is 12.2 Å². The van der Waals surface area contributed by atoms with E-state index in [1.165, 1.54) is 32.1 Å². The van der Waals surface area contributed by atoms with E-state index in [0.29, 0.717) is 23.1 Å². The van der Waals surface area contributed by atoms with Crippen molar-refractivity contribution in [2.24, 2.45) is 29.1 Å². The van der Waals surface area contributed by atoms with Gasteiger partial charge in [0, 0.05) is 47.5 Å². The highest BCUT2D eigenvalue weighted by molar-refractivity contribution is 6.04. The average molecular weight is 629 g/mol. The van der Waals surface area contributed by atoms with Crippen molar-refractivity contribution in [3.05, 3.63) is 34.9 Å². The Morgan fingerprint density at radius 3 is 2.20 bits per heavy atom. The van der Waals surface area contributed by atoms with E-state index < -0.39 is 63.7 Å². The Morgan fingerprint density at radius 2 is 1.62 bits per heavy atom. The second kappa shape index (κ2) is 13.4. The first kappa shape index (κ1) is 35.6. The minimum Gasteiger partial charge on any atom is -0.454 e. The summed E-state index contributed by atoms with van der Waals surface area (Å²) in [6.07, 6.45) is 14.3. The normalized spacial score (nSPS) is 36.6. The molecular weight excluding hydrogens is 572 g/mol. The van der Waals surface area contributed by atoms with Crippen molar-refractivity contribution in [3.63, 3.8) is 0 Å². The van der Waals surface area contributed by atoms with E-state index in [9.17, 15) is 29.7 Å². The molecule has 4 aliphatic rings. The molecule has 3 N–H and O–H groups in total. The molecule has 4 aliphatic carbocycles. The molecule has 2 fully saturated rings. The summed E-state index contributed by atoms with van der Waals surface area (Å²) in [4.78, 5) is 40.2. The monoisotopic (exact) mass is 628 g/mol. The minimum absolute atomic E-state index is 0.118. The lowest BCUT2D eigenvalue weighted by atomic mass is 9.59. The summed E-state index contributed by atoms with van der Waals surface area (Å²) in [6, 6.07) is 0. The number of unbranched alkanes of at least 4 members (excludes halogenated alkanes) is 8. The second-order valence-corrected chi connectivity index (χ2v) is 14.8. The van der Waals surface area contributed by atoms with Crippen molar-refractivity contribution >= 4 is 17.7 Å². The number of carbonyl (C=O) groups excluding carboxylic acids is 3. The smallest absolute Gasteiger partial charge is 0.333 e. The molecule has 8 nitrogen and oxygen atoms in total. The van der Waals surface area contributed by atoms with Crippen LogP contribution in [-0.4, -0.2) is 62.6 Å². The first-order chi connectivity index (χ1) is 21.2. The molecular formula is C37H56O8. The second-order valence-electron chi connectivity index (χ2n) is 14.8. The zero-order valence-electron chi connectivity index (χ0n) is 28.5. The number of rotatable bonds is 14. The number of hydrogen-bond acceptors (Lipinski definition) is 8. The van der Waals surface area contributed by atoms with Crippen molar-refractivity contribution < 1.29 is 39.2 Å². The summed E-state index contributed by atoms with van der Waals surface area (Å²) in [5, 5.41) is 35.0. The van der Waals surface area contributed by atoms with Crippen LogP contribution in [0.2, 0.25) is 0 Å². The van der Waals surface area contributed by atoms with Gasteiger partial charge in [-0.2, -0.15) is 0 Å². The lowest BCUT2D eigenvalue weighted by Gasteiger charge is -2.53. The number of carbonyl (C=O) groups is 3. The van der Waals surface area contributed by atoms with Gasteiger partial charge in [0.15, 0.2) is 11.4 Å². The number of fused-ring (bicyclic) bond motifs is 5. The summed E-state index contributed by atoms with van der Waals surface area (Å²) >= 11 is 0. The first-order valence-electron chi connectivity index (χ1n) is 17.2. The van der Waals surface area contributed by atoms with Gasteiger partial charge < -0.3 is 24.8 Å². The largest absolute Gasteiger partial charge is 0.454 e. The summed E-state index contributed by atoms with van der Waals surface area (Å²) < 4.78 is 12.6. The van der Waals surface area contributed by atoms with Crippen LogP contribution >= 0.6 is 0 Å². The third-order valence-corrected chi connectivity index (χ3v) is 11.7. The van der Waals surface area contributed by atoms with Crippen LogP contribution in [0.15, 0.2) is 34.9 Å². The van der Waals surface area contributed by atoms with Crippen molar-refractivity contribution in [2.75, 3.05) is 6.61 Å². The molecule has 0 bridgehead atoms. The third-order valence-electron chi connectivity index (χ3n) is 11.7. The van der Waals surface area contributed by atoms with Gasteiger partial charge in [-0.3, -0.25) is 9.59 Å². The Morgan fingerprint density at radius 1 is 1.02 bits per heavy atom. The van der Waals surface area contributed by atoms with Gasteiger partial charge in [-0.1, -0.05) is 97.3 Å². The van der Waals surface area contributed by atoms with Crippen LogP contribution in [0.25, 0.3) is 0 Å². The summed E-state index contributed by atoms with van der Waals surface area (Å²) in [5.74, 6) is -4.43. The lowest BCUT2D eigenvalue weighted by molar-refractivity contribution is -0.227. The van der Waals surface area contributed by atoms with Crippen LogP contribution < -0.4 is 0 Å². The molecule has 0 unspecified atom stereocenters. The van der Waals surface area contributed by atoms with Crippen LogP contribution in [0.4, 0.5) is 0 Å². The van der Waals surface area contributed by atoms with Crippen LogP contribution in [0.1, 0.15) is 119 Å². The van der Waals surface area contributed by atoms with Crippen molar-refractivity contribution in [1.29, 1.82) is 0 Å². The SMILES string of the molecule is C/C=C(\C)C(=O)O[C@@H]1[C@@H](C)[C@@]2(O)[C@@H](C=C(CO)C[C@]3(O)C(=O)C(C)=C[C@@H]23)[C@@H]2C(C)(C)[C@]12OC(=O)CCCCCCCCCCC. The fraction of sp³-hybridized carbons (Fsp3) is 0.757. The molecule has 0 radical (unpaired) electrons. The molecule has 45 heavy (non-hydrogen) atoms.